The predicted octanol–water partition coefficient (Wildman–Crippen LogP) is 3.84. The Balaban J connectivity index is 2.91. The summed E-state index contributed by atoms with van der Waals surface area (Å²) in [4.78, 5) is 11.4. The van der Waals surface area contributed by atoms with E-state index in [1.54, 1.807) is 0 Å². The molecular weight excluding hydrogens is 248 g/mol. The molecule has 1 aromatic rings. The van der Waals surface area contributed by atoms with Gasteiger partial charge in [-0.1, -0.05) is 44.2 Å². The summed E-state index contributed by atoms with van der Waals surface area (Å²) in [6.45, 7) is 6.42. The summed E-state index contributed by atoms with van der Waals surface area (Å²) in [6, 6.07) is 4.06. The first-order valence-corrected chi connectivity index (χ1v) is 7.30. The molecule has 0 heterocycles. The van der Waals surface area contributed by atoms with Crippen molar-refractivity contribution in [2.75, 3.05) is 6.61 Å². The van der Waals surface area contributed by atoms with Crippen LogP contribution in [0, 0.1) is 18.8 Å². The van der Waals surface area contributed by atoms with Crippen LogP contribution >= 0.6 is 0 Å². The minimum absolute atomic E-state index is 0.248. The number of aldehydes is 1. The van der Waals surface area contributed by atoms with Gasteiger partial charge in [-0.25, -0.2) is 0 Å². The van der Waals surface area contributed by atoms with Crippen molar-refractivity contribution in [1.82, 2.24) is 0 Å². The lowest BCUT2D eigenvalue weighted by molar-refractivity contribution is 0.112. The zero-order valence-corrected chi connectivity index (χ0v) is 12.7. The third-order valence-electron chi connectivity index (χ3n) is 3.40. The largest absolute Gasteiger partial charge is 0.396 e. The van der Waals surface area contributed by atoms with Crippen LogP contribution in [0.1, 0.15) is 72.5 Å². The Bertz CT molecular complexity index is 504. The summed E-state index contributed by atoms with van der Waals surface area (Å²) in [5.41, 5.74) is 3.73. The van der Waals surface area contributed by atoms with E-state index in [-0.39, 0.29) is 6.61 Å². The minimum Gasteiger partial charge on any atom is -0.396 e. The summed E-state index contributed by atoms with van der Waals surface area (Å²) in [5, 5.41) is 8.71. The second kappa shape index (κ2) is 8.55. The Labute approximate surface area is 122 Å². The van der Waals surface area contributed by atoms with Gasteiger partial charge in [0.25, 0.3) is 0 Å². The number of rotatable bonds is 6. The van der Waals surface area contributed by atoms with Crippen LogP contribution < -0.4 is 0 Å². The Hall–Kier alpha value is -1.59. The molecule has 108 valence electrons. The van der Waals surface area contributed by atoms with Gasteiger partial charge >= 0.3 is 0 Å². The van der Waals surface area contributed by atoms with Crippen molar-refractivity contribution in [2.24, 2.45) is 0 Å². The van der Waals surface area contributed by atoms with E-state index in [0.29, 0.717) is 5.92 Å². The highest BCUT2D eigenvalue weighted by molar-refractivity contribution is 5.83. The van der Waals surface area contributed by atoms with Gasteiger partial charge in [-0.2, -0.15) is 0 Å². The molecule has 0 aliphatic rings. The highest BCUT2D eigenvalue weighted by Crippen LogP contribution is 2.23. The van der Waals surface area contributed by atoms with Gasteiger partial charge < -0.3 is 5.11 Å². The van der Waals surface area contributed by atoms with Crippen molar-refractivity contribution in [3.63, 3.8) is 0 Å². The first kappa shape index (κ1) is 16.5. The number of aliphatic hydroxyl groups is 1. The van der Waals surface area contributed by atoms with Gasteiger partial charge in [0.2, 0.25) is 0 Å². The van der Waals surface area contributed by atoms with Crippen LogP contribution in [0.15, 0.2) is 12.1 Å². The number of carbonyl (C=O) groups is 1. The van der Waals surface area contributed by atoms with Crippen molar-refractivity contribution >= 4 is 6.29 Å². The molecule has 0 bridgehead atoms. The second-order valence-corrected chi connectivity index (χ2v) is 5.37. The molecule has 1 N–H and O–H groups in total. The molecule has 0 atom stereocenters. The van der Waals surface area contributed by atoms with Crippen molar-refractivity contribution < 1.29 is 9.90 Å². The molecule has 1 rings (SSSR count). The van der Waals surface area contributed by atoms with Crippen LogP contribution in [-0.4, -0.2) is 18.0 Å². The monoisotopic (exact) mass is 272 g/mol. The van der Waals surface area contributed by atoms with E-state index in [2.05, 4.69) is 25.7 Å². The molecule has 1 aromatic carbocycles. The molecule has 0 saturated heterocycles. The molecule has 2 heteroatoms. The Morgan fingerprint density at radius 3 is 2.60 bits per heavy atom. The summed E-state index contributed by atoms with van der Waals surface area (Å²) in [6.07, 6.45) is 4.56. The number of aryl methyl sites for hydroxylation is 1. The third-order valence-corrected chi connectivity index (χ3v) is 3.40. The Kier molecular flexibility index (Phi) is 7.04. The van der Waals surface area contributed by atoms with E-state index >= 15 is 0 Å². The van der Waals surface area contributed by atoms with Gasteiger partial charge in [0.05, 0.1) is 0 Å². The Morgan fingerprint density at radius 1 is 1.25 bits per heavy atom. The molecular formula is C18H24O2. The van der Waals surface area contributed by atoms with Crippen LogP contribution in [0.3, 0.4) is 0 Å². The van der Waals surface area contributed by atoms with E-state index in [1.807, 2.05) is 19.1 Å². The average Bonchev–Trinajstić information content (AvgIpc) is 2.43. The molecule has 0 radical (unpaired) electrons. The number of benzene rings is 1. The average molecular weight is 272 g/mol. The van der Waals surface area contributed by atoms with Crippen LogP contribution in [0.2, 0.25) is 0 Å². The van der Waals surface area contributed by atoms with Crippen molar-refractivity contribution in [3.05, 3.63) is 34.4 Å². The van der Waals surface area contributed by atoms with Gasteiger partial charge in [0.15, 0.2) is 6.29 Å². The fourth-order valence-electron chi connectivity index (χ4n) is 2.19. The number of hydrogen-bond acceptors (Lipinski definition) is 2. The van der Waals surface area contributed by atoms with Crippen LogP contribution in [0.25, 0.3) is 0 Å². The van der Waals surface area contributed by atoms with E-state index < -0.39 is 0 Å². The zero-order valence-electron chi connectivity index (χ0n) is 12.7. The van der Waals surface area contributed by atoms with E-state index in [9.17, 15) is 4.79 Å². The zero-order chi connectivity index (χ0) is 15.0. The fourth-order valence-corrected chi connectivity index (χ4v) is 2.19. The normalized spacial score (nSPS) is 10.2. The highest BCUT2D eigenvalue weighted by atomic mass is 16.2. The third kappa shape index (κ3) is 4.51. The molecule has 20 heavy (non-hydrogen) atoms. The van der Waals surface area contributed by atoms with E-state index in [4.69, 9.17) is 5.11 Å². The summed E-state index contributed by atoms with van der Waals surface area (Å²) in [5.74, 6) is 6.63. The molecule has 0 amide bonds. The minimum atomic E-state index is 0.248. The molecule has 2 nitrogen and oxygen atoms in total. The first-order valence-electron chi connectivity index (χ1n) is 7.30. The predicted molar refractivity (Wildman–Crippen MR) is 83.1 cm³/mol. The van der Waals surface area contributed by atoms with Crippen molar-refractivity contribution in [1.29, 1.82) is 0 Å². The molecule has 0 spiro atoms. The summed E-state index contributed by atoms with van der Waals surface area (Å²) in [7, 11) is 0. The lowest BCUT2D eigenvalue weighted by Crippen LogP contribution is -2.00. The van der Waals surface area contributed by atoms with Gasteiger partial charge in [0.1, 0.15) is 0 Å². The van der Waals surface area contributed by atoms with Crippen LogP contribution in [-0.2, 0) is 0 Å². The maximum Gasteiger partial charge on any atom is 0.151 e. The number of carbonyl (C=O) groups excluding carboxylic acids is 1. The maximum absolute atomic E-state index is 11.4. The van der Waals surface area contributed by atoms with E-state index in [1.165, 1.54) is 0 Å². The van der Waals surface area contributed by atoms with E-state index in [0.717, 1.165) is 54.2 Å². The number of hydrogen-bond donors (Lipinski definition) is 1. The Morgan fingerprint density at radius 2 is 2.00 bits per heavy atom. The molecule has 0 unspecified atom stereocenters. The lowest BCUT2D eigenvalue weighted by atomic mass is 9.91. The molecule has 0 aliphatic heterocycles. The van der Waals surface area contributed by atoms with Crippen LogP contribution in [0.4, 0.5) is 0 Å². The topological polar surface area (TPSA) is 37.3 Å². The van der Waals surface area contributed by atoms with Crippen molar-refractivity contribution in [2.45, 2.75) is 52.4 Å². The van der Waals surface area contributed by atoms with Gasteiger partial charge in [-0.05, 0) is 36.8 Å². The standard InChI is InChI=1S/C18H24O2/c1-14(2)16-11-10-15(3)17(18(16)13-20)9-7-5-4-6-8-12-19/h10-11,13-14,19H,4-6,8,12H2,1-3H3. The van der Waals surface area contributed by atoms with Gasteiger partial charge in [-0.15, -0.1) is 0 Å². The summed E-state index contributed by atoms with van der Waals surface area (Å²) >= 11 is 0. The van der Waals surface area contributed by atoms with Gasteiger partial charge in [-0.3, -0.25) is 4.79 Å². The smallest absolute Gasteiger partial charge is 0.151 e. The number of unbranched alkanes of at least 4 members (excludes halogenated alkanes) is 3. The molecule has 0 saturated carbocycles. The first-order chi connectivity index (χ1) is 9.61. The number of aliphatic hydroxyl groups excluding tert-OH is 1. The highest BCUT2D eigenvalue weighted by Gasteiger charge is 2.11. The second-order valence-electron chi connectivity index (χ2n) is 5.37. The van der Waals surface area contributed by atoms with Crippen LogP contribution in [0.5, 0.6) is 0 Å². The fraction of sp³-hybridized carbons (Fsp3) is 0.500. The molecule has 0 aliphatic carbocycles. The quantitative estimate of drug-likeness (QED) is 0.485. The summed E-state index contributed by atoms with van der Waals surface area (Å²) < 4.78 is 0. The molecule has 0 aromatic heterocycles. The molecule has 0 fully saturated rings. The maximum atomic E-state index is 11.4. The van der Waals surface area contributed by atoms with Gasteiger partial charge in [0, 0.05) is 24.2 Å². The van der Waals surface area contributed by atoms with Crippen molar-refractivity contribution in [3.8, 4) is 11.8 Å². The lowest BCUT2D eigenvalue weighted by Gasteiger charge is -2.12. The SMILES string of the molecule is Cc1ccc(C(C)C)c(C=O)c1C#CCCCCCO.